The van der Waals surface area contributed by atoms with Crippen LogP contribution < -0.4 is 9.47 Å². The highest BCUT2D eigenvalue weighted by Crippen LogP contribution is 2.64. The van der Waals surface area contributed by atoms with Crippen molar-refractivity contribution in [3.8, 4) is 11.5 Å². The predicted molar refractivity (Wildman–Crippen MR) is 116 cm³/mol. The van der Waals surface area contributed by atoms with Crippen LogP contribution in [0.1, 0.15) is 74.0 Å². The Bertz CT molecular complexity index is 1080. The first-order valence-corrected chi connectivity index (χ1v) is 11.5. The first-order chi connectivity index (χ1) is 15.3. The zero-order valence-electron chi connectivity index (χ0n) is 20.0. The maximum atomic E-state index is 12.5. The average Bonchev–Trinajstić information content (AvgIpc) is 3.09. The van der Waals surface area contributed by atoms with Crippen LogP contribution in [0.4, 0.5) is 0 Å². The second-order valence-electron chi connectivity index (χ2n) is 11.0. The SMILES string of the molecule is COc1c2c(c(C)c3c1C(=O)OC3)O[C@@]1(C)C[C@H](O)[C@@]3(O)C(C)(C)OC(=O)CC[C@]3(C)[C@@H]1C2. The fourth-order valence-electron chi connectivity index (χ4n) is 7.31. The van der Waals surface area contributed by atoms with Gasteiger partial charge in [-0.25, -0.2) is 4.79 Å². The largest absolute Gasteiger partial charge is 0.495 e. The van der Waals surface area contributed by atoms with Crippen molar-refractivity contribution in [1.29, 1.82) is 0 Å². The Morgan fingerprint density at radius 1 is 1.09 bits per heavy atom. The summed E-state index contributed by atoms with van der Waals surface area (Å²) in [6.45, 7) is 9.26. The number of hydrogen-bond donors (Lipinski definition) is 2. The zero-order valence-corrected chi connectivity index (χ0v) is 20.0. The van der Waals surface area contributed by atoms with Crippen LogP contribution in [-0.2, 0) is 27.3 Å². The minimum Gasteiger partial charge on any atom is -0.495 e. The van der Waals surface area contributed by atoms with Crippen molar-refractivity contribution in [1.82, 2.24) is 0 Å². The monoisotopic (exact) mass is 460 g/mol. The van der Waals surface area contributed by atoms with Crippen molar-refractivity contribution in [2.24, 2.45) is 11.3 Å². The molecule has 0 bridgehead atoms. The zero-order chi connectivity index (χ0) is 24.1. The Labute approximate surface area is 193 Å². The number of fused-ring (bicyclic) bond motifs is 5. The van der Waals surface area contributed by atoms with E-state index in [0.717, 1.165) is 16.7 Å². The molecular formula is C25H32O8. The highest BCUT2D eigenvalue weighted by Gasteiger charge is 2.73. The van der Waals surface area contributed by atoms with Crippen LogP contribution in [0.25, 0.3) is 0 Å². The van der Waals surface area contributed by atoms with Crippen LogP contribution >= 0.6 is 0 Å². The Kier molecular flexibility index (Phi) is 4.51. The fraction of sp³-hybridized carbons (Fsp3) is 0.680. The van der Waals surface area contributed by atoms with E-state index in [2.05, 4.69) is 0 Å². The van der Waals surface area contributed by atoms with E-state index in [0.29, 0.717) is 29.9 Å². The molecule has 0 radical (unpaired) electrons. The second kappa shape index (κ2) is 6.63. The van der Waals surface area contributed by atoms with Gasteiger partial charge in [0.2, 0.25) is 0 Å². The maximum Gasteiger partial charge on any atom is 0.342 e. The number of carbonyl (C=O) groups excluding carboxylic acids is 2. The Morgan fingerprint density at radius 3 is 2.45 bits per heavy atom. The molecule has 1 saturated carbocycles. The van der Waals surface area contributed by atoms with Crippen molar-refractivity contribution in [3.05, 3.63) is 22.3 Å². The number of esters is 2. The van der Waals surface area contributed by atoms with Gasteiger partial charge in [0.25, 0.3) is 0 Å². The third kappa shape index (κ3) is 2.59. The molecule has 3 heterocycles. The lowest BCUT2D eigenvalue weighted by Gasteiger charge is -2.65. The third-order valence-corrected chi connectivity index (χ3v) is 8.96. The van der Waals surface area contributed by atoms with Gasteiger partial charge in [0.1, 0.15) is 40.5 Å². The summed E-state index contributed by atoms with van der Waals surface area (Å²) in [5.74, 6) is -0.0253. The summed E-state index contributed by atoms with van der Waals surface area (Å²) in [6.07, 6.45) is -0.102. The van der Waals surface area contributed by atoms with E-state index in [9.17, 15) is 19.8 Å². The van der Waals surface area contributed by atoms with E-state index in [-0.39, 0.29) is 25.4 Å². The number of methoxy groups -OCH3 is 1. The summed E-state index contributed by atoms with van der Waals surface area (Å²) in [7, 11) is 1.52. The molecule has 1 saturated heterocycles. The number of benzene rings is 1. The van der Waals surface area contributed by atoms with Gasteiger partial charge in [-0.15, -0.1) is 0 Å². The Morgan fingerprint density at radius 2 is 1.79 bits per heavy atom. The van der Waals surface area contributed by atoms with Gasteiger partial charge in [0, 0.05) is 35.3 Å². The predicted octanol–water partition coefficient (Wildman–Crippen LogP) is 2.60. The van der Waals surface area contributed by atoms with Gasteiger partial charge >= 0.3 is 11.9 Å². The number of carbonyl (C=O) groups is 2. The van der Waals surface area contributed by atoms with Crippen LogP contribution in [0.2, 0.25) is 0 Å². The number of ether oxygens (including phenoxy) is 4. The molecule has 0 spiro atoms. The van der Waals surface area contributed by atoms with E-state index in [1.54, 1.807) is 13.8 Å². The number of aliphatic hydroxyl groups is 2. The molecule has 1 aliphatic carbocycles. The first kappa shape index (κ1) is 22.5. The summed E-state index contributed by atoms with van der Waals surface area (Å²) >= 11 is 0. The first-order valence-electron chi connectivity index (χ1n) is 11.5. The highest BCUT2D eigenvalue weighted by atomic mass is 16.6. The Hall–Kier alpha value is -2.32. The molecule has 0 aromatic heterocycles. The van der Waals surface area contributed by atoms with Crippen molar-refractivity contribution >= 4 is 11.9 Å². The van der Waals surface area contributed by atoms with Gasteiger partial charge in [0.15, 0.2) is 0 Å². The number of rotatable bonds is 1. The number of cyclic esters (lactones) is 2. The molecule has 8 nitrogen and oxygen atoms in total. The minimum atomic E-state index is -1.70. The van der Waals surface area contributed by atoms with Crippen molar-refractivity contribution < 1.29 is 38.7 Å². The molecule has 1 aromatic carbocycles. The summed E-state index contributed by atoms with van der Waals surface area (Å²) in [6, 6.07) is 0. The normalized spacial score (nSPS) is 38.5. The van der Waals surface area contributed by atoms with Gasteiger partial charge in [0.05, 0.1) is 13.2 Å². The van der Waals surface area contributed by atoms with Crippen LogP contribution in [0, 0.1) is 18.3 Å². The molecule has 180 valence electrons. The average molecular weight is 461 g/mol. The maximum absolute atomic E-state index is 12.5. The van der Waals surface area contributed by atoms with Gasteiger partial charge < -0.3 is 29.2 Å². The highest BCUT2D eigenvalue weighted by molar-refractivity contribution is 5.98. The molecule has 3 aliphatic heterocycles. The van der Waals surface area contributed by atoms with Gasteiger partial charge in [-0.2, -0.15) is 0 Å². The topological polar surface area (TPSA) is 112 Å². The summed E-state index contributed by atoms with van der Waals surface area (Å²) in [5.41, 5.74) is -1.98. The molecule has 5 rings (SSSR count). The van der Waals surface area contributed by atoms with Gasteiger partial charge in [-0.1, -0.05) is 6.92 Å². The molecule has 2 fully saturated rings. The summed E-state index contributed by atoms with van der Waals surface area (Å²) in [4.78, 5) is 25.0. The van der Waals surface area contributed by atoms with Gasteiger partial charge in [-0.3, -0.25) is 4.79 Å². The lowest BCUT2D eigenvalue weighted by Crippen LogP contribution is -2.76. The summed E-state index contributed by atoms with van der Waals surface area (Å²) in [5, 5.41) is 23.5. The molecule has 2 N–H and O–H groups in total. The molecule has 33 heavy (non-hydrogen) atoms. The molecule has 1 aromatic rings. The standard InChI is InChI=1S/C25H32O8/c1-12-14-11-31-21(28)18(14)20(30-6)13-9-15-23(4)8-7-17(27)32-22(2,3)25(23,29)16(26)10-24(15,5)33-19(12)13/h15-16,26,29H,7-11H2,1-6H3/t15-,16-,23+,24-,25+/m0/s1. The lowest BCUT2D eigenvalue weighted by molar-refractivity contribution is -0.302. The molecule has 5 atom stereocenters. The molecule has 0 unspecified atom stereocenters. The van der Waals surface area contributed by atoms with Crippen LogP contribution in [0.5, 0.6) is 11.5 Å². The lowest BCUT2D eigenvalue weighted by atomic mass is 9.46. The Balaban J connectivity index is 1.73. The van der Waals surface area contributed by atoms with E-state index in [1.807, 2.05) is 20.8 Å². The third-order valence-electron chi connectivity index (χ3n) is 8.96. The van der Waals surface area contributed by atoms with Crippen LogP contribution in [0.3, 0.4) is 0 Å². The van der Waals surface area contributed by atoms with Crippen molar-refractivity contribution in [3.63, 3.8) is 0 Å². The van der Waals surface area contributed by atoms with E-state index in [4.69, 9.17) is 18.9 Å². The molecule has 8 heteroatoms. The summed E-state index contributed by atoms with van der Waals surface area (Å²) < 4.78 is 23.3. The second-order valence-corrected chi connectivity index (χ2v) is 11.0. The van der Waals surface area contributed by atoms with Crippen molar-refractivity contribution in [2.75, 3.05) is 7.11 Å². The number of aliphatic hydroxyl groups excluding tert-OH is 1. The van der Waals surface area contributed by atoms with E-state index < -0.39 is 40.3 Å². The smallest absolute Gasteiger partial charge is 0.342 e. The van der Waals surface area contributed by atoms with Crippen LogP contribution in [-0.4, -0.2) is 52.2 Å². The molecular weight excluding hydrogens is 428 g/mol. The van der Waals surface area contributed by atoms with E-state index >= 15 is 0 Å². The molecule has 4 aliphatic rings. The fourth-order valence-corrected chi connectivity index (χ4v) is 7.31. The van der Waals surface area contributed by atoms with Gasteiger partial charge in [-0.05, 0) is 46.1 Å². The number of hydrogen-bond acceptors (Lipinski definition) is 8. The molecule has 0 amide bonds. The van der Waals surface area contributed by atoms with Crippen molar-refractivity contribution in [2.45, 2.75) is 89.8 Å². The minimum absolute atomic E-state index is 0.126. The van der Waals surface area contributed by atoms with Crippen LogP contribution in [0.15, 0.2) is 0 Å². The quantitative estimate of drug-likeness (QED) is 0.615. The van der Waals surface area contributed by atoms with E-state index in [1.165, 1.54) is 7.11 Å².